The Morgan fingerprint density at radius 2 is 1.32 bits per heavy atom. The van der Waals surface area contributed by atoms with Gasteiger partial charge < -0.3 is 0 Å². The van der Waals surface area contributed by atoms with Gasteiger partial charge in [-0.05, 0) is 9.95 Å². The second-order valence-corrected chi connectivity index (χ2v) is 8.18. The summed E-state index contributed by atoms with van der Waals surface area (Å²) in [6, 6.07) is 10.8. The normalized spacial score (nSPS) is 21.8. The average molecular weight is 359 g/mol. The molecule has 0 atom stereocenters. The van der Waals surface area contributed by atoms with Crippen molar-refractivity contribution in [2.24, 2.45) is 0 Å². The van der Waals surface area contributed by atoms with Crippen molar-refractivity contribution >= 4 is 28.7 Å². The predicted octanol–water partition coefficient (Wildman–Crippen LogP) is 7.13. The quantitative estimate of drug-likeness (QED) is 0.502. The van der Waals surface area contributed by atoms with Gasteiger partial charge in [0.1, 0.15) is 0 Å². The Balaban J connectivity index is 1.81. The molecule has 0 aromatic heterocycles. The van der Waals surface area contributed by atoms with E-state index in [0.29, 0.717) is 0 Å². The molecule has 2 heteroatoms. The largest absolute Gasteiger partial charge is 0.191 e. The Morgan fingerprint density at radius 1 is 0.818 bits per heavy atom. The first-order valence-electron chi connectivity index (χ1n) is 9.27. The molecule has 1 aromatic rings. The Hall–Kier alpha value is -0.495. The van der Waals surface area contributed by atoms with Crippen LogP contribution in [0, 0.1) is 0 Å². The maximum Gasteiger partial charge on any atom is 0.191 e. The zero-order chi connectivity index (χ0) is 15.2. The fraction of sp³-hybridized carbons (Fsp3) is 0.600. The summed E-state index contributed by atoms with van der Waals surface area (Å²) in [7, 11) is 0. The van der Waals surface area contributed by atoms with E-state index in [1.807, 2.05) is 0 Å². The van der Waals surface area contributed by atoms with Crippen LogP contribution in [0.3, 0.4) is 0 Å². The van der Waals surface area contributed by atoms with Gasteiger partial charge in [-0.3, -0.25) is 0 Å². The summed E-state index contributed by atoms with van der Waals surface area (Å²) in [6.45, 7) is 0.765. The number of rotatable bonds is 4. The van der Waals surface area contributed by atoms with E-state index < -0.39 is 0 Å². The highest BCUT2D eigenvalue weighted by atomic mass is 79.9. The van der Waals surface area contributed by atoms with E-state index in [1.165, 1.54) is 74.2 Å². The van der Waals surface area contributed by atoms with E-state index in [-0.39, 0.29) is 0 Å². The fourth-order valence-corrected chi connectivity index (χ4v) is 5.64. The number of hydrogen-bond acceptors (Lipinski definition) is 0. The molecule has 1 aromatic carbocycles. The van der Waals surface area contributed by atoms with Gasteiger partial charge in [0.25, 0.3) is 0 Å². The average Bonchev–Trinajstić information content (AvgIpc) is 2.58. The number of benzene rings is 1. The molecule has 0 N–H and O–H groups in total. The summed E-state index contributed by atoms with van der Waals surface area (Å²) in [6.07, 6.45) is 16.9. The van der Waals surface area contributed by atoms with Crippen LogP contribution in [0.4, 0.5) is 0 Å². The van der Waals surface area contributed by atoms with Gasteiger partial charge in [-0.15, -0.1) is 0 Å². The first-order valence-corrected chi connectivity index (χ1v) is 10.1. The Bertz CT molecular complexity index is 452. The third kappa shape index (κ3) is 4.28. The van der Waals surface area contributed by atoms with Crippen molar-refractivity contribution in [1.29, 1.82) is 0 Å². The first-order chi connectivity index (χ1) is 10.8. The van der Waals surface area contributed by atoms with E-state index in [2.05, 4.69) is 52.3 Å². The van der Waals surface area contributed by atoms with Gasteiger partial charge in [-0.1, -0.05) is 128 Å². The highest BCUT2D eigenvalue weighted by Gasteiger charge is 2.36. The maximum absolute atomic E-state index is 4.01. The van der Waals surface area contributed by atoms with E-state index in [0.717, 1.165) is 18.3 Å². The molecule has 0 heterocycles. The van der Waals surface area contributed by atoms with Gasteiger partial charge in [-0.2, -0.15) is 0 Å². The van der Waals surface area contributed by atoms with Crippen molar-refractivity contribution in [1.82, 2.24) is 0 Å². The maximum atomic E-state index is 4.01. The molecule has 118 valence electrons. The van der Waals surface area contributed by atoms with Crippen molar-refractivity contribution in [3.8, 4) is 0 Å². The van der Waals surface area contributed by atoms with Gasteiger partial charge in [0, 0.05) is 0 Å². The molecule has 0 spiro atoms. The summed E-state index contributed by atoms with van der Waals surface area (Å²) in [5, 5.41) is 0. The van der Waals surface area contributed by atoms with Crippen LogP contribution >= 0.6 is 15.9 Å². The molecule has 2 saturated carbocycles. The molecule has 0 aliphatic heterocycles. The summed E-state index contributed by atoms with van der Waals surface area (Å²) >= 11 is 4.01. The highest BCUT2D eigenvalue weighted by molar-refractivity contribution is 9.12. The van der Waals surface area contributed by atoms with Crippen LogP contribution in [0.1, 0.15) is 69.8 Å². The van der Waals surface area contributed by atoms with Gasteiger partial charge in [0.2, 0.25) is 0 Å². The molecule has 0 bridgehead atoms. The zero-order valence-electron chi connectivity index (χ0n) is 13.6. The van der Waals surface area contributed by atoms with Crippen LogP contribution in [-0.2, 0) is 0 Å². The smallest absolute Gasteiger partial charge is 0.0664 e. The van der Waals surface area contributed by atoms with Crippen LogP contribution < -0.4 is 0 Å². The van der Waals surface area contributed by atoms with Crippen molar-refractivity contribution in [3.63, 3.8) is 0 Å². The Labute approximate surface area is 145 Å². The molecular formula is C20H28BBr. The molecule has 2 aliphatic carbocycles. The molecular weight excluding hydrogens is 331 g/mol. The summed E-state index contributed by atoms with van der Waals surface area (Å²) in [4.78, 5) is 0. The number of halogens is 1. The molecule has 3 rings (SSSR count). The summed E-state index contributed by atoms with van der Waals surface area (Å²) in [5.74, 6) is 1.82. The van der Waals surface area contributed by atoms with E-state index in [1.54, 1.807) is 0 Å². The van der Waals surface area contributed by atoms with Gasteiger partial charge in [0.05, 0.1) is 0 Å². The third-order valence-electron chi connectivity index (χ3n) is 5.74. The third-order valence-corrected chi connectivity index (χ3v) is 6.50. The highest BCUT2D eigenvalue weighted by Crippen LogP contribution is 2.45. The first kappa shape index (κ1) is 16.4. The minimum atomic E-state index is 0.765. The minimum Gasteiger partial charge on any atom is -0.0664 e. The van der Waals surface area contributed by atoms with E-state index in [9.17, 15) is 0 Å². The van der Waals surface area contributed by atoms with Crippen LogP contribution in [0.5, 0.6) is 0 Å². The molecule has 22 heavy (non-hydrogen) atoms. The Morgan fingerprint density at radius 3 is 1.82 bits per heavy atom. The molecule has 0 saturated heterocycles. The van der Waals surface area contributed by atoms with Gasteiger partial charge in [0.15, 0.2) is 6.71 Å². The molecule has 0 radical (unpaired) electrons. The minimum absolute atomic E-state index is 0.765. The van der Waals surface area contributed by atoms with Crippen LogP contribution in [-0.4, -0.2) is 6.71 Å². The Kier molecular flexibility index (Phi) is 6.24. The van der Waals surface area contributed by atoms with Crippen molar-refractivity contribution in [3.05, 3.63) is 40.3 Å². The van der Waals surface area contributed by atoms with E-state index >= 15 is 0 Å². The van der Waals surface area contributed by atoms with E-state index in [4.69, 9.17) is 0 Å². The topological polar surface area (TPSA) is 0 Å². The standard InChI is InChI=1S/C20H28BBr/c22-20(16-17-10-4-1-5-11-17)21(18-12-6-2-7-13-18)19-14-8-3-9-15-19/h1,4-5,10-11,16,18-19H,2-3,6-9,12-15H2/b20-16-. The molecule has 2 fully saturated rings. The van der Waals surface area contributed by atoms with Crippen LogP contribution in [0.25, 0.3) is 6.08 Å². The monoisotopic (exact) mass is 358 g/mol. The fourth-order valence-electron chi connectivity index (χ4n) is 4.63. The van der Waals surface area contributed by atoms with Gasteiger partial charge in [-0.25, -0.2) is 0 Å². The lowest BCUT2D eigenvalue weighted by molar-refractivity contribution is 0.464. The molecule has 0 nitrogen and oxygen atoms in total. The summed E-state index contributed by atoms with van der Waals surface area (Å²) in [5.41, 5.74) is 1.34. The molecule has 0 unspecified atom stereocenters. The van der Waals surface area contributed by atoms with Crippen molar-refractivity contribution in [2.75, 3.05) is 0 Å². The lowest BCUT2D eigenvalue weighted by atomic mass is 9.30. The van der Waals surface area contributed by atoms with Crippen molar-refractivity contribution in [2.45, 2.75) is 75.8 Å². The molecule has 2 aliphatic rings. The second kappa shape index (κ2) is 8.38. The zero-order valence-corrected chi connectivity index (χ0v) is 15.2. The second-order valence-electron chi connectivity index (χ2n) is 7.26. The number of hydrogen-bond donors (Lipinski definition) is 0. The predicted molar refractivity (Wildman–Crippen MR) is 103 cm³/mol. The lowest BCUT2D eigenvalue weighted by Crippen LogP contribution is -2.30. The summed E-state index contributed by atoms with van der Waals surface area (Å²) < 4.78 is 1.47. The molecule has 0 amide bonds. The van der Waals surface area contributed by atoms with Crippen LogP contribution in [0.2, 0.25) is 11.6 Å². The lowest BCUT2D eigenvalue weighted by Gasteiger charge is -2.35. The van der Waals surface area contributed by atoms with Gasteiger partial charge >= 0.3 is 0 Å². The SMILES string of the molecule is Br/C(=C\c1ccccc1)B(C1CCCCC1)C1CCCCC1. The van der Waals surface area contributed by atoms with Crippen molar-refractivity contribution < 1.29 is 0 Å². The van der Waals surface area contributed by atoms with Crippen LogP contribution in [0.15, 0.2) is 34.7 Å².